The van der Waals surface area contributed by atoms with Gasteiger partial charge in [-0.05, 0) is 62.0 Å². The molecule has 0 aliphatic rings. The molecule has 290 valence electrons. The summed E-state index contributed by atoms with van der Waals surface area (Å²) in [6.45, 7) is 0. The lowest BCUT2D eigenvalue weighted by molar-refractivity contribution is 1.07. The molecule has 0 atom stereocenters. The third-order valence-corrected chi connectivity index (χ3v) is 11.6. The molecule has 0 aliphatic heterocycles. The van der Waals surface area contributed by atoms with Crippen LogP contribution in [0.4, 0.5) is 0 Å². The van der Waals surface area contributed by atoms with Crippen molar-refractivity contribution in [2.75, 3.05) is 0 Å². The summed E-state index contributed by atoms with van der Waals surface area (Å²) in [4.78, 5) is 20.4. The Labute approximate surface area is 360 Å². The van der Waals surface area contributed by atoms with E-state index in [1.807, 2.05) is 60.7 Å². The number of hydrogen-bond donors (Lipinski definition) is 0. The van der Waals surface area contributed by atoms with Crippen LogP contribution in [0.2, 0.25) is 0 Å². The second kappa shape index (κ2) is 16.0. The Morgan fingerprint density at radius 2 is 0.532 bits per heavy atom. The van der Waals surface area contributed by atoms with Crippen molar-refractivity contribution in [1.82, 2.24) is 19.9 Å². The quantitative estimate of drug-likeness (QED) is 0.144. The molecule has 4 nitrogen and oxygen atoms in total. The normalized spacial score (nSPS) is 11.2. The first-order valence-corrected chi connectivity index (χ1v) is 20.9. The molecular weight excluding hydrogens is 753 g/mol. The number of nitrogens with zero attached hydrogens (tertiary/aromatic N) is 4. The zero-order valence-corrected chi connectivity index (χ0v) is 33.7. The summed E-state index contributed by atoms with van der Waals surface area (Å²) in [7, 11) is 0. The van der Waals surface area contributed by atoms with Crippen LogP contribution in [0.3, 0.4) is 0 Å². The van der Waals surface area contributed by atoms with Crippen LogP contribution in [0.1, 0.15) is 0 Å². The third kappa shape index (κ3) is 7.10. The van der Waals surface area contributed by atoms with Crippen molar-refractivity contribution in [3.63, 3.8) is 0 Å². The highest BCUT2D eigenvalue weighted by Gasteiger charge is 2.18. The minimum atomic E-state index is 0.621. The molecule has 0 spiro atoms. The Bertz CT molecular complexity index is 3280. The first-order valence-electron chi connectivity index (χ1n) is 20.9. The molecule has 0 bridgehead atoms. The second-order valence-corrected chi connectivity index (χ2v) is 15.4. The monoisotopic (exact) mass is 790 g/mol. The lowest BCUT2D eigenvalue weighted by Gasteiger charge is -2.16. The van der Waals surface area contributed by atoms with Gasteiger partial charge in [0, 0.05) is 33.0 Å². The van der Waals surface area contributed by atoms with Crippen LogP contribution in [0.5, 0.6) is 0 Å². The van der Waals surface area contributed by atoms with Crippen molar-refractivity contribution in [3.05, 3.63) is 231 Å². The molecule has 11 aromatic rings. The number of rotatable bonds is 8. The van der Waals surface area contributed by atoms with E-state index in [0.29, 0.717) is 17.5 Å². The fourth-order valence-corrected chi connectivity index (χ4v) is 8.35. The molecular formula is C58H38N4. The van der Waals surface area contributed by atoms with Crippen LogP contribution in [-0.2, 0) is 0 Å². The summed E-state index contributed by atoms with van der Waals surface area (Å²) in [6.07, 6.45) is 0. The molecule has 0 saturated carbocycles. The van der Waals surface area contributed by atoms with Gasteiger partial charge in [-0.1, -0.05) is 218 Å². The first kappa shape index (κ1) is 36.7. The lowest BCUT2D eigenvalue weighted by Crippen LogP contribution is -2.00. The average Bonchev–Trinajstić information content (AvgIpc) is 3.37. The van der Waals surface area contributed by atoms with Gasteiger partial charge >= 0.3 is 0 Å². The lowest BCUT2D eigenvalue weighted by atomic mass is 9.90. The Morgan fingerprint density at radius 3 is 1.00 bits per heavy atom. The van der Waals surface area contributed by atoms with Crippen molar-refractivity contribution in [2.24, 2.45) is 0 Å². The van der Waals surface area contributed by atoms with Crippen LogP contribution < -0.4 is 0 Å². The number of pyridine rings is 1. The van der Waals surface area contributed by atoms with Crippen molar-refractivity contribution in [2.45, 2.75) is 0 Å². The predicted molar refractivity (Wildman–Crippen MR) is 256 cm³/mol. The molecule has 2 aromatic heterocycles. The largest absolute Gasteiger partial charge is 0.247 e. The van der Waals surface area contributed by atoms with E-state index >= 15 is 0 Å². The average molecular weight is 791 g/mol. The van der Waals surface area contributed by atoms with Gasteiger partial charge in [0.15, 0.2) is 17.5 Å². The molecule has 2 heterocycles. The maximum Gasteiger partial charge on any atom is 0.164 e. The molecule has 0 unspecified atom stereocenters. The van der Waals surface area contributed by atoms with E-state index in [4.69, 9.17) is 19.9 Å². The minimum Gasteiger partial charge on any atom is -0.247 e. The number of fused-ring (bicyclic) bond motifs is 3. The van der Waals surface area contributed by atoms with Gasteiger partial charge in [0.05, 0.1) is 11.2 Å². The maximum absolute atomic E-state index is 5.47. The predicted octanol–water partition coefficient (Wildman–Crippen LogP) is 14.9. The fourth-order valence-electron chi connectivity index (χ4n) is 8.35. The Morgan fingerprint density at radius 1 is 0.210 bits per heavy atom. The summed E-state index contributed by atoms with van der Waals surface area (Å²) in [5.74, 6) is 1.89. The first-order chi connectivity index (χ1) is 30.7. The maximum atomic E-state index is 5.47. The van der Waals surface area contributed by atoms with Crippen molar-refractivity contribution in [1.29, 1.82) is 0 Å². The van der Waals surface area contributed by atoms with Gasteiger partial charge in [-0.2, -0.15) is 0 Å². The number of hydrogen-bond acceptors (Lipinski definition) is 4. The Balaban J connectivity index is 1.07. The molecule has 62 heavy (non-hydrogen) atoms. The molecule has 0 fully saturated rings. The minimum absolute atomic E-state index is 0.621. The molecule has 0 amide bonds. The van der Waals surface area contributed by atoms with E-state index in [9.17, 15) is 0 Å². The van der Waals surface area contributed by atoms with Gasteiger partial charge in [-0.15, -0.1) is 0 Å². The van der Waals surface area contributed by atoms with Gasteiger partial charge in [-0.3, -0.25) is 0 Å². The fraction of sp³-hybridized carbons (Fsp3) is 0. The SMILES string of the molecule is c1ccc(-c2ccc(-c3cc(-c4ccc(-c5nc(-c6ccccc6)nc(-c6ccccc6)n5)cc4)c4cc(-c5ccc(-c6ccccc6)cc5)c5ccccc5c4n3)cc2)cc1. The molecule has 0 N–H and O–H groups in total. The van der Waals surface area contributed by atoms with Gasteiger partial charge in [0.1, 0.15) is 0 Å². The topological polar surface area (TPSA) is 51.6 Å². The van der Waals surface area contributed by atoms with Crippen LogP contribution in [-0.4, -0.2) is 19.9 Å². The molecule has 0 saturated heterocycles. The van der Waals surface area contributed by atoms with Crippen LogP contribution in [0.15, 0.2) is 231 Å². The molecule has 0 aliphatic carbocycles. The summed E-state index contributed by atoms with van der Waals surface area (Å²) in [6, 6.07) is 80.7. The standard InChI is InChI=1S/C58H38N4/c1-5-15-39(16-6-1)41-25-29-43(30-26-41)51-37-53-52(38-54(59-55(53)50-24-14-13-23-49(50)51)45-33-27-42(28-34-45)40-17-7-2-8-18-40)44-31-35-48(36-32-44)58-61-56(46-19-9-3-10-20-46)60-57(62-58)47-21-11-4-12-22-47/h1-38H. The van der Waals surface area contributed by atoms with E-state index in [-0.39, 0.29) is 0 Å². The van der Waals surface area contributed by atoms with E-state index < -0.39 is 0 Å². The van der Waals surface area contributed by atoms with E-state index in [1.54, 1.807) is 0 Å². The smallest absolute Gasteiger partial charge is 0.164 e. The zero-order valence-electron chi connectivity index (χ0n) is 33.7. The van der Waals surface area contributed by atoms with Gasteiger partial charge < -0.3 is 0 Å². The number of benzene rings is 9. The van der Waals surface area contributed by atoms with Gasteiger partial charge in [0.2, 0.25) is 0 Å². The summed E-state index contributed by atoms with van der Waals surface area (Å²) >= 11 is 0. The summed E-state index contributed by atoms with van der Waals surface area (Å²) < 4.78 is 0. The van der Waals surface area contributed by atoms with Crippen molar-refractivity contribution in [3.8, 4) is 89.9 Å². The second-order valence-electron chi connectivity index (χ2n) is 15.4. The summed E-state index contributed by atoms with van der Waals surface area (Å²) in [5.41, 5.74) is 15.0. The third-order valence-electron chi connectivity index (χ3n) is 11.6. The molecule has 9 aromatic carbocycles. The highest BCUT2D eigenvalue weighted by Crippen LogP contribution is 2.41. The highest BCUT2D eigenvalue weighted by molar-refractivity contribution is 6.16. The van der Waals surface area contributed by atoms with Crippen LogP contribution >= 0.6 is 0 Å². The van der Waals surface area contributed by atoms with Crippen LogP contribution in [0.25, 0.3) is 112 Å². The number of aromatic nitrogens is 4. The molecule has 0 radical (unpaired) electrons. The van der Waals surface area contributed by atoms with E-state index in [0.717, 1.165) is 66.3 Å². The van der Waals surface area contributed by atoms with Gasteiger partial charge in [0.25, 0.3) is 0 Å². The zero-order chi connectivity index (χ0) is 41.2. The van der Waals surface area contributed by atoms with Crippen molar-refractivity contribution >= 4 is 21.7 Å². The van der Waals surface area contributed by atoms with Gasteiger partial charge in [-0.25, -0.2) is 19.9 Å². The summed E-state index contributed by atoms with van der Waals surface area (Å²) in [5, 5.41) is 3.36. The Kier molecular flexibility index (Phi) is 9.49. The van der Waals surface area contributed by atoms with E-state index in [1.165, 1.54) is 27.8 Å². The Hall–Kier alpha value is -8.34. The highest BCUT2D eigenvalue weighted by atomic mass is 15.0. The van der Waals surface area contributed by atoms with Crippen molar-refractivity contribution < 1.29 is 0 Å². The molecule has 4 heteroatoms. The molecule has 11 rings (SSSR count). The van der Waals surface area contributed by atoms with E-state index in [2.05, 4.69) is 170 Å². The van der Waals surface area contributed by atoms with Crippen LogP contribution in [0, 0.1) is 0 Å².